The van der Waals surface area contributed by atoms with Crippen molar-refractivity contribution in [3.8, 4) is 0 Å². The van der Waals surface area contributed by atoms with E-state index < -0.39 is 11.8 Å². The summed E-state index contributed by atoms with van der Waals surface area (Å²) in [7, 11) is 0. The van der Waals surface area contributed by atoms with Crippen LogP contribution in [-0.2, 0) is 27.5 Å². The zero-order chi connectivity index (χ0) is 16.5. The third kappa shape index (κ3) is 5.49. The number of ether oxygens (including phenoxy) is 2. The second kappa shape index (κ2) is 8.43. The van der Waals surface area contributed by atoms with Gasteiger partial charge in [-0.05, 0) is 11.1 Å². The summed E-state index contributed by atoms with van der Waals surface area (Å²) in [5.41, 5.74) is 7.63. The van der Waals surface area contributed by atoms with Crippen molar-refractivity contribution in [1.29, 1.82) is 0 Å². The Kier molecular flexibility index (Phi) is 6.29. The van der Waals surface area contributed by atoms with Gasteiger partial charge in [0.1, 0.15) is 6.42 Å². The molecule has 0 atom stereocenters. The van der Waals surface area contributed by atoms with Crippen molar-refractivity contribution in [2.75, 3.05) is 6.54 Å². The maximum absolute atomic E-state index is 11.2. The van der Waals surface area contributed by atoms with E-state index in [0.717, 1.165) is 11.1 Å². The van der Waals surface area contributed by atoms with E-state index in [1.165, 1.54) is 0 Å². The molecule has 23 heavy (non-hydrogen) atoms. The third-order valence-electron chi connectivity index (χ3n) is 3.42. The Balaban J connectivity index is 2.05. The summed E-state index contributed by atoms with van der Waals surface area (Å²) in [6.07, 6.45) is -0.316. The van der Waals surface area contributed by atoms with Crippen LogP contribution in [0.25, 0.3) is 0 Å². The number of nitrogens with two attached hydrogens (primary N) is 1. The number of carboxylic acids is 1. The molecule has 0 aromatic heterocycles. The molecule has 0 bridgehead atoms. The number of carboxylic acid groups (broad SMARTS) is 1. The quantitative estimate of drug-likeness (QED) is 0.695. The van der Waals surface area contributed by atoms with Gasteiger partial charge in [0.2, 0.25) is 0 Å². The van der Waals surface area contributed by atoms with Gasteiger partial charge in [-0.1, -0.05) is 60.7 Å². The van der Waals surface area contributed by atoms with Crippen molar-refractivity contribution in [2.45, 2.75) is 25.4 Å². The van der Waals surface area contributed by atoms with E-state index in [0.29, 0.717) is 0 Å². The lowest BCUT2D eigenvalue weighted by molar-refractivity contribution is -0.247. The molecule has 0 heterocycles. The van der Waals surface area contributed by atoms with Crippen LogP contribution in [0.1, 0.15) is 17.5 Å². The van der Waals surface area contributed by atoms with Gasteiger partial charge in [0, 0.05) is 6.54 Å². The van der Waals surface area contributed by atoms with Crippen LogP contribution < -0.4 is 5.73 Å². The van der Waals surface area contributed by atoms with E-state index in [1.807, 2.05) is 60.7 Å². The Hall–Kier alpha value is -2.21. The molecule has 5 nitrogen and oxygen atoms in total. The second-order valence-electron chi connectivity index (χ2n) is 5.23. The fourth-order valence-electron chi connectivity index (χ4n) is 2.14. The number of rotatable bonds is 9. The number of hydrogen-bond acceptors (Lipinski definition) is 4. The summed E-state index contributed by atoms with van der Waals surface area (Å²) in [4.78, 5) is 11.2. The first-order valence-electron chi connectivity index (χ1n) is 7.41. The minimum Gasteiger partial charge on any atom is -0.481 e. The molecule has 0 unspecified atom stereocenters. The monoisotopic (exact) mass is 315 g/mol. The molecule has 3 N–H and O–H groups in total. The zero-order valence-electron chi connectivity index (χ0n) is 12.9. The summed E-state index contributed by atoms with van der Waals surface area (Å²) >= 11 is 0. The molecule has 0 spiro atoms. The van der Waals surface area contributed by atoms with E-state index in [9.17, 15) is 4.79 Å². The lowest BCUT2D eigenvalue weighted by Crippen LogP contribution is -2.45. The lowest BCUT2D eigenvalue weighted by atomic mass is 10.1. The van der Waals surface area contributed by atoms with E-state index in [2.05, 4.69) is 0 Å². The minimum atomic E-state index is -1.35. The highest BCUT2D eigenvalue weighted by Gasteiger charge is 2.34. The molecule has 0 aliphatic carbocycles. The van der Waals surface area contributed by atoms with Crippen LogP contribution in [0, 0.1) is 0 Å². The Labute approximate surface area is 135 Å². The number of benzene rings is 2. The molecule has 0 radical (unpaired) electrons. The molecule has 0 amide bonds. The molecule has 2 aromatic carbocycles. The van der Waals surface area contributed by atoms with Gasteiger partial charge in [0.05, 0.1) is 13.2 Å². The fourth-order valence-corrected chi connectivity index (χ4v) is 2.14. The van der Waals surface area contributed by atoms with E-state index in [-0.39, 0.29) is 26.2 Å². The van der Waals surface area contributed by atoms with Gasteiger partial charge in [-0.25, -0.2) is 0 Å². The topological polar surface area (TPSA) is 81.8 Å². The lowest BCUT2D eigenvalue weighted by Gasteiger charge is -2.31. The van der Waals surface area contributed by atoms with Gasteiger partial charge >= 0.3 is 5.97 Å². The number of hydrogen-bond donors (Lipinski definition) is 2. The Morgan fingerprint density at radius 1 is 0.913 bits per heavy atom. The fraction of sp³-hybridized carbons (Fsp3) is 0.278. The highest BCUT2D eigenvalue weighted by Crippen LogP contribution is 2.21. The van der Waals surface area contributed by atoms with Gasteiger partial charge in [-0.3, -0.25) is 4.79 Å². The second-order valence-corrected chi connectivity index (χ2v) is 5.23. The summed E-state index contributed by atoms with van der Waals surface area (Å²) in [6, 6.07) is 19.0. The van der Waals surface area contributed by atoms with Gasteiger partial charge in [-0.15, -0.1) is 0 Å². The van der Waals surface area contributed by atoms with Gasteiger partial charge in [0.25, 0.3) is 0 Å². The van der Waals surface area contributed by atoms with Crippen LogP contribution in [0.2, 0.25) is 0 Å². The van der Waals surface area contributed by atoms with Crippen molar-refractivity contribution in [3.63, 3.8) is 0 Å². The van der Waals surface area contributed by atoms with Gasteiger partial charge in [-0.2, -0.15) is 0 Å². The smallest absolute Gasteiger partial charge is 0.308 e. The van der Waals surface area contributed by atoms with E-state index >= 15 is 0 Å². The number of aliphatic carboxylic acids is 1. The summed E-state index contributed by atoms with van der Waals surface area (Å²) in [5, 5.41) is 9.16. The highest BCUT2D eigenvalue weighted by molar-refractivity contribution is 5.67. The average Bonchev–Trinajstić information content (AvgIpc) is 2.59. The summed E-state index contributed by atoms with van der Waals surface area (Å²) in [6.45, 7) is 0.430. The molecular weight excluding hydrogens is 294 g/mol. The molecule has 0 saturated carbocycles. The first-order chi connectivity index (χ1) is 11.1. The predicted molar refractivity (Wildman–Crippen MR) is 86.5 cm³/mol. The molecule has 0 fully saturated rings. The van der Waals surface area contributed by atoms with Crippen LogP contribution in [0.15, 0.2) is 60.7 Å². The van der Waals surface area contributed by atoms with Crippen LogP contribution in [0.5, 0.6) is 0 Å². The van der Waals surface area contributed by atoms with Crippen molar-refractivity contribution >= 4 is 5.97 Å². The molecule has 5 heteroatoms. The molecule has 0 saturated heterocycles. The predicted octanol–water partition coefficient (Wildman–Crippen LogP) is 2.55. The normalized spacial score (nSPS) is 11.3. The maximum Gasteiger partial charge on any atom is 0.308 e. The Bertz CT molecular complexity index is 557. The van der Waals surface area contributed by atoms with Gasteiger partial charge in [0.15, 0.2) is 5.79 Å². The van der Waals surface area contributed by atoms with Crippen LogP contribution >= 0.6 is 0 Å². The summed E-state index contributed by atoms with van der Waals surface area (Å²) < 4.78 is 11.5. The molecule has 0 aliphatic heterocycles. The summed E-state index contributed by atoms with van der Waals surface area (Å²) in [5.74, 6) is -2.37. The SMILES string of the molecule is NCC(CC(=O)O)(OCc1ccccc1)OCc1ccccc1. The molecule has 2 aromatic rings. The van der Waals surface area contributed by atoms with Gasteiger partial charge < -0.3 is 20.3 Å². The average molecular weight is 315 g/mol. The van der Waals surface area contributed by atoms with Crippen molar-refractivity contribution < 1.29 is 19.4 Å². The first-order valence-corrected chi connectivity index (χ1v) is 7.41. The molecule has 2 rings (SSSR count). The van der Waals surface area contributed by atoms with Crippen molar-refractivity contribution in [1.82, 2.24) is 0 Å². The minimum absolute atomic E-state index is 0.0427. The van der Waals surface area contributed by atoms with Crippen LogP contribution in [0.3, 0.4) is 0 Å². The largest absolute Gasteiger partial charge is 0.481 e. The van der Waals surface area contributed by atoms with Crippen LogP contribution in [-0.4, -0.2) is 23.4 Å². The first kappa shape index (κ1) is 17.1. The zero-order valence-corrected chi connectivity index (χ0v) is 12.9. The molecular formula is C18H21NO4. The molecule has 0 aliphatic rings. The molecule has 122 valence electrons. The van der Waals surface area contributed by atoms with E-state index in [1.54, 1.807) is 0 Å². The maximum atomic E-state index is 11.2. The van der Waals surface area contributed by atoms with Crippen molar-refractivity contribution in [3.05, 3.63) is 71.8 Å². The Morgan fingerprint density at radius 2 is 1.35 bits per heavy atom. The third-order valence-corrected chi connectivity index (χ3v) is 3.42. The standard InChI is InChI=1S/C18H21NO4/c19-14-18(11-17(20)21,22-12-15-7-3-1-4-8-15)23-13-16-9-5-2-6-10-16/h1-10H,11-14,19H2,(H,20,21). The van der Waals surface area contributed by atoms with E-state index in [4.69, 9.17) is 20.3 Å². The van der Waals surface area contributed by atoms with Crippen LogP contribution in [0.4, 0.5) is 0 Å². The Morgan fingerprint density at radius 3 is 1.70 bits per heavy atom. The highest BCUT2D eigenvalue weighted by atomic mass is 16.7. The number of carbonyl (C=O) groups is 1. The van der Waals surface area contributed by atoms with Crippen molar-refractivity contribution in [2.24, 2.45) is 5.73 Å².